The predicted octanol–water partition coefficient (Wildman–Crippen LogP) is 4.10. The van der Waals surface area contributed by atoms with Gasteiger partial charge in [-0.1, -0.05) is 0 Å². The molecule has 0 fully saturated rings. The molecular weight excluding hydrogens is 440 g/mol. The molecule has 114 valence electrons. The summed E-state index contributed by atoms with van der Waals surface area (Å²) in [6.45, 7) is 2.59. The van der Waals surface area contributed by atoms with E-state index in [1.165, 1.54) is 11.3 Å². The number of hydrogen-bond acceptors (Lipinski definition) is 4. The normalized spacial score (nSPS) is 11.6. The van der Waals surface area contributed by atoms with E-state index >= 15 is 0 Å². The van der Waals surface area contributed by atoms with Crippen molar-refractivity contribution >= 4 is 58.9 Å². The Labute approximate surface area is 145 Å². The topological polar surface area (TPSA) is 58.2 Å². The van der Waals surface area contributed by atoms with Crippen LogP contribution in [0.1, 0.15) is 10.4 Å². The van der Waals surface area contributed by atoms with E-state index in [9.17, 15) is 8.42 Å². The van der Waals surface area contributed by atoms with E-state index in [1.807, 2.05) is 32.2 Å². The average Bonchev–Trinajstić information content (AvgIpc) is 2.84. The Kier molecular flexibility index (Phi) is 5.48. The van der Waals surface area contributed by atoms with Gasteiger partial charge in [-0.3, -0.25) is 4.72 Å². The van der Waals surface area contributed by atoms with Gasteiger partial charge in [-0.2, -0.15) is 0 Å². The molecule has 8 heteroatoms. The predicted molar refractivity (Wildman–Crippen MR) is 94.5 cm³/mol. The Hall–Kier alpha value is -0.410. The van der Waals surface area contributed by atoms with E-state index in [1.54, 1.807) is 6.07 Å². The quantitative estimate of drug-likeness (QED) is 0.716. The third-order valence-electron chi connectivity index (χ3n) is 2.68. The second-order valence-corrected chi connectivity index (χ2v) is 9.25. The molecule has 0 aliphatic heterocycles. The average molecular weight is 454 g/mol. The van der Waals surface area contributed by atoms with Crippen LogP contribution in [-0.4, -0.2) is 15.5 Å². The number of halogens is 2. The SMILES string of the molecule is CNCc1ccc(S(=O)(=O)Nc2c(Br)cc(C)cc2Br)s1. The summed E-state index contributed by atoms with van der Waals surface area (Å²) in [5.41, 5.74) is 1.54. The molecular formula is C13H14Br2N2O2S2. The molecule has 0 atom stereocenters. The number of hydrogen-bond donors (Lipinski definition) is 2. The lowest BCUT2D eigenvalue weighted by atomic mass is 10.2. The first-order valence-corrected chi connectivity index (χ1v) is 9.94. The van der Waals surface area contributed by atoms with Crippen LogP contribution in [0.15, 0.2) is 37.4 Å². The minimum atomic E-state index is -3.59. The number of sulfonamides is 1. The van der Waals surface area contributed by atoms with Crippen molar-refractivity contribution in [1.29, 1.82) is 0 Å². The zero-order valence-corrected chi connectivity index (χ0v) is 16.2. The van der Waals surface area contributed by atoms with E-state index in [4.69, 9.17) is 0 Å². The summed E-state index contributed by atoms with van der Waals surface area (Å²) in [5.74, 6) is 0. The highest BCUT2D eigenvalue weighted by molar-refractivity contribution is 9.11. The van der Waals surface area contributed by atoms with Gasteiger partial charge < -0.3 is 5.32 Å². The molecule has 0 radical (unpaired) electrons. The van der Waals surface area contributed by atoms with Crippen molar-refractivity contribution in [3.8, 4) is 0 Å². The van der Waals surface area contributed by atoms with Crippen molar-refractivity contribution in [2.24, 2.45) is 0 Å². The fourth-order valence-corrected chi connectivity index (χ4v) is 6.10. The van der Waals surface area contributed by atoms with Crippen molar-refractivity contribution in [2.45, 2.75) is 17.7 Å². The Morgan fingerprint density at radius 3 is 2.38 bits per heavy atom. The minimum absolute atomic E-state index is 0.298. The summed E-state index contributed by atoms with van der Waals surface area (Å²) in [7, 11) is -1.76. The Balaban J connectivity index is 2.33. The standard InChI is InChI=1S/C13H14Br2N2O2S2/c1-8-5-10(14)13(11(15)6-8)17-21(18,19)12-4-3-9(20-12)7-16-2/h3-6,16-17H,7H2,1-2H3. The van der Waals surface area contributed by atoms with Crippen molar-refractivity contribution in [3.63, 3.8) is 0 Å². The molecule has 2 aromatic rings. The zero-order valence-electron chi connectivity index (χ0n) is 11.4. The van der Waals surface area contributed by atoms with Gasteiger partial charge in [-0.25, -0.2) is 8.42 Å². The van der Waals surface area contributed by atoms with E-state index in [0.29, 0.717) is 25.4 Å². The lowest BCUT2D eigenvalue weighted by Crippen LogP contribution is -2.12. The second kappa shape index (κ2) is 6.78. The van der Waals surface area contributed by atoms with Gasteiger partial charge in [0.15, 0.2) is 0 Å². The second-order valence-electron chi connectivity index (χ2n) is 4.46. The van der Waals surface area contributed by atoms with E-state index < -0.39 is 10.0 Å². The zero-order chi connectivity index (χ0) is 15.6. The highest BCUT2D eigenvalue weighted by Crippen LogP contribution is 2.34. The molecule has 1 heterocycles. The first kappa shape index (κ1) is 17.0. The van der Waals surface area contributed by atoms with Gasteiger partial charge in [0.05, 0.1) is 5.69 Å². The van der Waals surface area contributed by atoms with Crippen LogP contribution in [0.3, 0.4) is 0 Å². The summed E-state index contributed by atoms with van der Waals surface area (Å²) in [6, 6.07) is 7.16. The van der Waals surface area contributed by atoms with Crippen LogP contribution in [0, 0.1) is 6.92 Å². The van der Waals surface area contributed by atoms with Crippen molar-refractivity contribution in [2.75, 3.05) is 11.8 Å². The molecule has 0 aliphatic carbocycles. The Morgan fingerprint density at radius 2 is 1.81 bits per heavy atom. The van der Waals surface area contributed by atoms with Gasteiger partial charge in [-0.05, 0) is 75.7 Å². The number of anilines is 1. The van der Waals surface area contributed by atoms with E-state index in [-0.39, 0.29) is 0 Å². The molecule has 0 saturated heterocycles. The van der Waals surface area contributed by atoms with Gasteiger partial charge in [0.1, 0.15) is 4.21 Å². The fourth-order valence-electron chi connectivity index (χ4n) is 1.75. The van der Waals surface area contributed by atoms with Crippen LogP contribution < -0.4 is 10.0 Å². The lowest BCUT2D eigenvalue weighted by Gasteiger charge is -2.11. The maximum Gasteiger partial charge on any atom is 0.271 e. The first-order chi connectivity index (χ1) is 9.83. The monoisotopic (exact) mass is 452 g/mol. The van der Waals surface area contributed by atoms with Crippen LogP contribution in [-0.2, 0) is 16.6 Å². The molecule has 0 unspecified atom stereocenters. The Bertz CT molecular complexity index is 734. The summed E-state index contributed by atoms with van der Waals surface area (Å²) < 4.78 is 29.2. The largest absolute Gasteiger partial charge is 0.315 e. The Morgan fingerprint density at radius 1 is 1.19 bits per heavy atom. The minimum Gasteiger partial charge on any atom is -0.315 e. The number of thiophene rings is 1. The van der Waals surface area contributed by atoms with Crippen LogP contribution in [0.25, 0.3) is 0 Å². The van der Waals surface area contributed by atoms with Crippen molar-refractivity contribution < 1.29 is 8.42 Å². The van der Waals surface area contributed by atoms with Crippen LogP contribution >= 0.6 is 43.2 Å². The van der Waals surface area contributed by atoms with Gasteiger partial charge >= 0.3 is 0 Å². The van der Waals surface area contributed by atoms with Gasteiger partial charge in [0.25, 0.3) is 10.0 Å². The van der Waals surface area contributed by atoms with Crippen molar-refractivity contribution in [3.05, 3.63) is 43.7 Å². The lowest BCUT2D eigenvalue weighted by molar-refractivity contribution is 0.603. The van der Waals surface area contributed by atoms with E-state index in [2.05, 4.69) is 41.9 Å². The molecule has 2 N–H and O–H groups in total. The molecule has 0 spiro atoms. The highest BCUT2D eigenvalue weighted by atomic mass is 79.9. The third-order valence-corrected chi connectivity index (χ3v) is 6.85. The molecule has 21 heavy (non-hydrogen) atoms. The number of benzene rings is 1. The maximum absolute atomic E-state index is 12.4. The summed E-state index contributed by atoms with van der Waals surface area (Å²) in [5, 5.41) is 3.00. The molecule has 4 nitrogen and oxygen atoms in total. The summed E-state index contributed by atoms with van der Waals surface area (Å²) in [4.78, 5) is 0.972. The smallest absolute Gasteiger partial charge is 0.271 e. The first-order valence-electron chi connectivity index (χ1n) is 6.05. The van der Waals surface area contributed by atoms with Crippen LogP contribution in [0.5, 0.6) is 0 Å². The number of rotatable bonds is 5. The highest BCUT2D eigenvalue weighted by Gasteiger charge is 2.19. The molecule has 1 aromatic heterocycles. The van der Waals surface area contributed by atoms with Crippen LogP contribution in [0.2, 0.25) is 0 Å². The maximum atomic E-state index is 12.4. The van der Waals surface area contributed by atoms with Gasteiger partial charge in [0.2, 0.25) is 0 Å². The molecule has 0 amide bonds. The van der Waals surface area contributed by atoms with Gasteiger partial charge in [0, 0.05) is 20.4 Å². The van der Waals surface area contributed by atoms with Crippen molar-refractivity contribution in [1.82, 2.24) is 5.32 Å². The molecule has 1 aromatic carbocycles. The fraction of sp³-hybridized carbons (Fsp3) is 0.231. The summed E-state index contributed by atoms with van der Waals surface area (Å²) in [6.07, 6.45) is 0. The molecule has 0 bridgehead atoms. The molecule has 2 rings (SSSR count). The summed E-state index contributed by atoms with van der Waals surface area (Å²) >= 11 is 8.03. The molecule has 0 aliphatic rings. The number of nitrogens with one attached hydrogen (secondary N) is 2. The van der Waals surface area contributed by atoms with E-state index in [0.717, 1.165) is 10.4 Å². The number of aryl methyl sites for hydroxylation is 1. The van der Waals surface area contributed by atoms with Gasteiger partial charge in [-0.15, -0.1) is 11.3 Å². The molecule has 0 saturated carbocycles. The third kappa shape index (κ3) is 4.07. The van der Waals surface area contributed by atoms with Crippen LogP contribution in [0.4, 0.5) is 5.69 Å².